The molecule has 7 nitrogen and oxygen atoms in total. The molecule has 0 atom stereocenters. The lowest BCUT2D eigenvalue weighted by Crippen LogP contribution is -2.27. The number of ether oxygens (including phenoxy) is 2. The molecular formula is C25H20N2O5S2. The molecular weight excluding hydrogens is 472 g/mol. The van der Waals surface area contributed by atoms with E-state index in [2.05, 4.69) is 0 Å². The summed E-state index contributed by atoms with van der Waals surface area (Å²) in [4.78, 5) is 25.2. The van der Waals surface area contributed by atoms with Gasteiger partial charge in [-0.2, -0.15) is 0 Å². The van der Waals surface area contributed by atoms with Crippen LogP contribution in [0.2, 0.25) is 0 Å². The lowest BCUT2D eigenvalue weighted by atomic mass is 10.2. The Labute approximate surface area is 206 Å². The van der Waals surface area contributed by atoms with E-state index in [0.717, 1.165) is 23.1 Å². The van der Waals surface area contributed by atoms with E-state index >= 15 is 0 Å². The van der Waals surface area contributed by atoms with Gasteiger partial charge < -0.3 is 9.47 Å². The van der Waals surface area contributed by atoms with Crippen LogP contribution >= 0.6 is 24.0 Å². The number of thioether (sulfide) groups is 1. The number of carbonyl (C=O) groups is 1. The smallest absolute Gasteiger partial charge is 0.271 e. The second kappa shape index (κ2) is 10.5. The largest absolute Gasteiger partial charge is 0.490 e. The average Bonchev–Trinajstić information content (AvgIpc) is 3.11. The molecule has 0 saturated carbocycles. The van der Waals surface area contributed by atoms with Gasteiger partial charge >= 0.3 is 0 Å². The quantitative estimate of drug-likeness (QED) is 0.130. The molecule has 0 unspecified atom stereocenters. The zero-order chi connectivity index (χ0) is 24.1. The first-order valence-corrected chi connectivity index (χ1v) is 11.6. The molecule has 1 heterocycles. The van der Waals surface area contributed by atoms with Crippen molar-refractivity contribution in [1.29, 1.82) is 0 Å². The van der Waals surface area contributed by atoms with Crippen LogP contribution in [0.25, 0.3) is 6.08 Å². The Morgan fingerprint density at radius 2 is 1.62 bits per heavy atom. The average molecular weight is 493 g/mol. The zero-order valence-electron chi connectivity index (χ0n) is 18.2. The zero-order valence-corrected chi connectivity index (χ0v) is 19.8. The van der Waals surface area contributed by atoms with Crippen LogP contribution in [0.5, 0.6) is 11.5 Å². The van der Waals surface area contributed by atoms with Gasteiger partial charge in [0.2, 0.25) is 0 Å². The molecule has 0 radical (unpaired) electrons. The minimum atomic E-state index is -0.505. The molecule has 0 aliphatic carbocycles. The van der Waals surface area contributed by atoms with Crippen LogP contribution < -0.4 is 14.4 Å². The third kappa shape index (κ3) is 5.62. The van der Waals surface area contributed by atoms with Crippen molar-refractivity contribution in [3.05, 3.63) is 98.9 Å². The van der Waals surface area contributed by atoms with Crippen LogP contribution in [-0.2, 0) is 4.79 Å². The number of nitro benzene ring substituents is 1. The predicted octanol–water partition coefficient (Wildman–Crippen LogP) is 5.77. The van der Waals surface area contributed by atoms with Crippen LogP contribution in [0.3, 0.4) is 0 Å². The summed E-state index contributed by atoms with van der Waals surface area (Å²) < 4.78 is 11.7. The topological polar surface area (TPSA) is 81.9 Å². The third-order valence-electron chi connectivity index (χ3n) is 4.91. The fraction of sp³-hybridized carbons (Fsp3) is 0.120. The number of amides is 1. The number of rotatable bonds is 8. The van der Waals surface area contributed by atoms with E-state index in [1.54, 1.807) is 12.1 Å². The number of carbonyl (C=O) groups excluding carboxylic acids is 1. The van der Waals surface area contributed by atoms with Crippen molar-refractivity contribution < 1.29 is 19.2 Å². The Bertz CT molecular complexity index is 1260. The van der Waals surface area contributed by atoms with Crippen molar-refractivity contribution in [2.45, 2.75) is 6.92 Å². The van der Waals surface area contributed by atoms with Gasteiger partial charge in [0, 0.05) is 12.1 Å². The summed E-state index contributed by atoms with van der Waals surface area (Å²) >= 11 is 6.51. The minimum absolute atomic E-state index is 0.101. The van der Waals surface area contributed by atoms with E-state index in [0.29, 0.717) is 33.9 Å². The van der Waals surface area contributed by atoms with Gasteiger partial charge in [0.25, 0.3) is 11.6 Å². The third-order valence-corrected chi connectivity index (χ3v) is 6.21. The molecule has 9 heteroatoms. The van der Waals surface area contributed by atoms with Crippen LogP contribution in [0.4, 0.5) is 11.4 Å². The number of anilines is 1. The molecule has 0 aromatic heterocycles. The number of hydrogen-bond acceptors (Lipinski definition) is 7. The van der Waals surface area contributed by atoms with E-state index in [4.69, 9.17) is 21.7 Å². The summed E-state index contributed by atoms with van der Waals surface area (Å²) in [7, 11) is 0. The van der Waals surface area contributed by atoms with Crippen molar-refractivity contribution in [3.8, 4) is 11.5 Å². The van der Waals surface area contributed by atoms with Crippen LogP contribution in [0, 0.1) is 17.0 Å². The summed E-state index contributed by atoms with van der Waals surface area (Å²) in [5, 5.41) is 11.1. The second-order valence-electron chi connectivity index (χ2n) is 7.37. The number of nitrogens with zero attached hydrogens (tertiary/aromatic N) is 2. The lowest BCUT2D eigenvalue weighted by molar-refractivity contribution is -0.384. The molecule has 1 aliphatic rings. The second-order valence-corrected chi connectivity index (χ2v) is 9.05. The highest BCUT2D eigenvalue weighted by atomic mass is 32.2. The molecule has 0 spiro atoms. The van der Waals surface area contributed by atoms with E-state index in [1.165, 1.54) is 28.7 Å². The minimum Gasteiger partial charge on any atom is -0.490 e. The molecule has 1 saturated heterocycles. The van der Waals surface area contributed by atoms with Crippen molar-refractivity contribution in [2.24, 2.45) is 0 Å². The first-order valence-electron chi connectivity index (χ1n) is 10.4. The number of hydrogen-bond donors (Lipinski definition) is 0. The Morgan fingerprint density at radius 1 is 1.00 bits per heavy atom. The Morgan fingerprint density at radius 3 is 2.24 bits per heavy atom. The maximum Gasteiger partial charge on any atom is 0.271 e. The van der Waals surface area contributed by atoms with Crippen LogP contribution in [0.15, 0.2) is 77.7 Å². The van der Waals surface area contributed by atoms with Gasteiger partial charge in [-0.25, -0.2) is 0 Å². The van der Waals surface area contributed by atoms with Crippen molar-refractivity contribution in [3.63, 3.8) is 0 Å². The van der Waals surface area contributed by atoms with Gasteiger partial charge in [0.05, 0.1) is 15.5 Å². The van der Waals surface area contributed by atoms with E-state index < -0.39 is 4.92 Å². The summed E-state index contributed by atoms with van der Waals surface area (Å²) in [6, 6.07) is 21.0. The molecule has 1 aliphatic heterocycles. The molecule has 1 fully saturated rings. The molecule has 0 bridgehead atoms. The fourth-order valence-electron chi connectivity index (χ4n) is 3.20. The van der Waals surface area contributed by atoms with E-state index in [1.807, 2.05) is 55.5 Å². The van der Waals surface area contributed by atoms with Crippen molar-refractivity contribution in [2.75, 3.05) is 18.1 Å². The number of thiocarbonyl (C=S) groups is 1. The summed E-state index contributed by atoms with van der Waals surface area (Å²) in [5.74, 6) is 1.17. The van der Waals surface area contributed by atoms with Crippen LogP contribution in [0.1, 0.15) is 11.1 Å². The van der Waals surface area contributed by atoms with Gasteiger partial charge in [0.1, 0.15) is 24.7 Å². The van der Waals surface area contributed by atoms with Gasteiger partial charge in [0.15, 0.2) is 4.32 Å². The molecule has 3 aromatic carbocycles. The summed E-state index contributed by atoms with van der Waals surface area (Å²) in [6.45, 7) is 2.84. The van der Waals surface area contributed by atoms with Gasteiger partial charge in [-0.15, -0.1) is 0 Å². The highest BCUT2D eigenvalue weighted by Crippen LogP contribution is 2.37. The first kappa shape index (κ1) is 23.5. The van der Waals surface area contributed by atoms with Crippen molar-refractivity contribution >= 4 is 51.7 Å². The Hall–Kier alpha value is -3.69. The molecule has 172 valence electrons. The monoisotopic (exact) mass is 492 g/mol. The highest BCUT2D eigenvalue weighted by Gasteiger charge is 2.33. The first-order chi connectivity index (χ1) is 16.4. The molecule has 4 rings (SSSR count). The summed E-state index contributed by atoms with van der Waals surface area (Å²) in [5.41, 5.74) is 2.25. The highest BCUT2D eigenvalue weighted by molar-refractivity contribution is 8.27. The lowest BCUT2D eigenvalue weighted by Gasteiger charge is -2.13. The van der Waals surface area contributed by atoms with Crippen LogP contribution in [-0.4, -0.2) is 28.4 Å². The van der Waals surface area contributed by atoms with Crippen molar-refractivity contribution in [1.82, 2.24) is 0 Å². The number of non-ortho nitro benzene ring substituents is 1. The predicted molar refractivity (Wildman–Crippen MR) is 137 cm³/mol. The van der Waals surface area contributed by atoms with Gasteiger partial charge in [-0.1, -0.05) is 59.9 Å². The van der Waals surface area contributed by atoms with Gasteiger partial charge in [-0.3, -0.25) is 19.8 Å². The number of benzene rings is 3. The molecule has 0 N–H and O–H groups in total. The maximum absolute atomic E-state index is 12.9. The Balaban J connectivity index is 1.36. The number of nitro groups is 1. The molecule has 34 heavy (non-hydrogen) atoms. The maximum atomic E-state index is 12.9. The van der Waals surface area contributed by atoms with E-state index in [-0.39, 0.29) is 11.6 Å². The summed E-state index contributed by atoms with van der Waals surface area (Å²) in [6.07, 6.45) is 1.74. The number of aryl methyl sites for hydroxylation is 1. The van der Waals surface area contributed by atoms with Gasteiger partial charge in [-0.05, 0) is 48.9 Å². The Kier molecular flexibility index (Phi) is 7.24. The SMILES string of the molecule is Cc1ccc(OCCOc2ccc(/C=C3\SC(=S)N(c4cccc([N+](=O)[O-])c4)C3=O)cc2)cc1. The molecule has 1 amide bonds. The standard InChI is InChI=1S/C25H20N2O5S2/c1-17-5-9-21(10-6-17)31-13-14-32-22-11-7-18(8-12-22)15-23-24(28)26(25(33)34-23)19-3-2-4-20(16-19)27(29)30/h2-12,15-16H,13-14H2,1H3/b23-15-. The molecule has 3 aromatic rings. The van der Waals surface area contributed by atoms with E-state index in [9.17, 15) is 14.9 Å². The fourth-order valence-corrected chi connectivity index (χ4v) is 4.50. The normalized spacial score (nSPS) is 14.5.